The Morgan fingerprint density at radius 1 is 0.714 bits per heavy atom. The number of Topliss-reactive ketones (excluding diaryl/α,β-unsaturated/α-hetero) is 1. The third-order valence-corrected chi connectivity index (χ3v) is 11.6. The van der Waals surface area contributed by atoms with Crippen molar-refractivity contribution < 1.29 is 141 Å². The van der Waals surface area contributed by atoms with Crippen molar-refractivity contribution >= 4 is 89.5 Å². The van der Waals surface area contributed by atoms with Crippen LogP contribution in [0.25, 0.3) is 0 Å². The Bertz CT molecular complexity index is 2620. The largest absolute Gasteiger partial charge is 1.00 e. The molecule has 0 aliphatic carbocycles. The normalized spacial score (nSPS) is 10.9. The second kappa shape index (κ2) is 37.6. The number of allylic oxidation sites excluding steroid dienone is 1. The van der Waals surface area contributed by atoms with Crippen LogP contribution in [0.5, 0.6) is 11.5 Å². The molecule has 2 amide bonds. The summed E-state index contributed by atoms with van der Waals surface area (Å²) in [5, 5.41) is 44.4. The number of ketones is 1. The molecule has 25 nitrogen and oxygen atoms in total. The molecule has 32 heteroatoms. The first-order valence-electron chi connectivity index (χ1n) is 18.2. The number of methoxy groups -OCH3 is 2. The summed E-state index contributed by atoms with van der Waals surface area (Å²) in [4.78, 5) is 42.6. The number of rotatable bonds is 21. The van der Waals surface area contributed by atoms with Crippen molar-refractivity contribution in [2.45, 2.75) is 30.1 Å². The molecule has 0 fully saturated rings. The molecule has 0 aliphatic rings. The van der Waals surface area contributed by atoms with Crippen LogP contribution in [0.4, 0.5) is 17.1 Å². The van der Waals surface area contributed by atoms with E-state index < -0.39 is 48.3 Å². The molecule has 70 heavy (non-hydrogen) atoms. The fourth-order valence-corrected chi connectivity index (χ4v) is 7.45. The van der Waals surface area contributed by atoms with Crippen molar-refractivity contribution in [1.82, 2.24) is 0 Å². The molecule has 0 heterocycles. The second-order valence-corrected chi connectivity index (χ2v) is 18.0. The number of aliphatic hydroxyl groups is 1. The zero-order valence-corrected chi connectivity index (χ0v) is 46.1. The third kappa shape index (κ3) is 29.3. The summed E-state index contributed by atoms with van der Waals surface area (Å²) in [6, 6.07) is 26.7. The molecule has 0 saturated heterocycles. The van der Waals surface area contributed by atoms with Crippen molar-refractivity contribution in [2.24, 2.45) is 15.6 Å². The summed E-state index contributed by atoms with van der Waals surface area (Å²) in [7, 11) is -8.88. The summed E-state index contributed by atoms with van der Waals surface area (Å²) >= 11 is 0.217. The van der Waals surface area contributed by atoms with Gasteiger partial charge in [0.05, 0.1) is 72.2 Å². The Balaban J connectivity index is -0.00000102. The topological polar surface area (TPSA) is 374 Å². The van der Waals surface area contributed by atoms with Gasteiger partial charge in [-0.05, 0) is 74.5 Å². The van der Waals surface area contributed by atoms with E-state index >= 15 is 0 Å². The number of nitrogens with zero attached hydrogens (tertiary/aromatic N) is 3. The maximum Gasteiger partial charge on any atom is 1.00 e. The summed E-state index contributed by atoms with van der Waals surface area (Å²) in [5.41, 5.74) is 0.858. The molecule has 374 valence electrons. The van der Waals surface area contributed by atoms with Gasteiger partial charge in [-0.2, -0.15) is 13.5 Å². The number of sulfone groups is 2. The standard InChI is InChI=1S/C19H21N3O9S2.C11H13NO3.C8H10O6S2.ClH.HNO2.2Na/c1-13(23)18(19(24)20-16-5-3-4-6-17(16)28-2)22-21-14-7-9-15(10-8-14)33(26,27)12-11-29-32-31-30-25;1-8(13)7-11(14)12-9-5-3-4-6-10(9)15-2;9-15(10,7-6-14-16(11,12)13)8-4-2-1-3-5-8;;2-1-3;;/h3-10,23,25H,11-12H2,1-2H3,(H,20,24);3-6H,7H2,1-2H3,(H,12,14);1-5H,6-7H2,(H,11,12,13);1H;(H,2,3);;/q;;;;;2*+1/p-2. The average Bonchev–Trinajstić information content (AvgIpc) is 3.27. The van der Waals surface area contributed by atoms with Crippen molar-refractivity contribution in [3.05, 3.63) is 125 Å². The van der Waals surface area contributed by atoms with Gasteiger partial charge in [-0.25, -0.2) is 21.0 Å². The molecule has 4 N–H and O–H groups in total. The van der Waals surface area contributed by atoms with E-state index in [1.807, 2.05) is 0 Å². The Morgan fingerprint density at radius 3 is 1.63 bits per heavy atom. The molecule has 0 spiro atoms. The third-order valence-electron chi connectivity index (χ3n) is 7.39. The first-order valence-corrected chi connectivity index (χ1v) is 23.6. The molecule has 4 aromatic carbocycles. The van der Waals surface area contributed by atoms with Gasteiger partial charge >= 0.3 is 69.5 Å². The van der Waals surface area contributed by atoms with E-state index in [1.165, 1.54) is 64.5 Å². The summed E-state index contributed by atoms with van der Waals surface area (Å²) in [6.07, 6.45) is -0.113. The van der Waals surface area contributed by atoms with Crippen LogP contribution in [0, 0.1) is 10.1 Å². The maximum absolute atomic E-state index is 12.5. The first-order chi connectivity index (χ1) is 31.6. The molecule has 0 radical (unpaired) electrons. The number of benzene rings is 4. The number of aliphatic hydroxyl groups excluding tert-OH is 1. The van der Waals surface area contributed by atoms with Gasteiger partial charge in [0.1, 0.15) is 23.0 Å². The van der Waals surface area contributed by atoms with E-state index in [-0.39, 0.29) is 141 Å². The molecule has 0 saturated carbocycles. The van der Waals surface area contributed by atoms with E-state index in [0.29, 0.717) is 22.9 Å². The van der Waals surface area contributed by atoms with E-state index in [9.17, 15) is 50.0 Å². The molecule has 0 unspecified atom stereocenters. The van der Waals surface area contributed by atoms with Crippen LogP contribution in [0.3, 0.4) is 0 Å². The Hall–Kier alpha value is -4.12. The number of halogens is 1. The Labute approximate surface area is 457 Å². The van der Waals surface area contributed by atoms with Gasteiger partial charge in [0.2, 0.25) is 5.91 Å². The monoisotopic (exact) mass is 1100 g/mol. The van der Waals surface area contributed by atoms with E-state index in [2.05, 4.69) is 34.4 Å². The van der Waals surface area contributed by atoms with Crippen LogP contribution in [0.2, 0.25) is 0 Å². The molecular formula is C38H44ClN5Na2O20S4. The summed E-state index contributed by atoms with van der Waals surface area (Å²) in [6.45, 7) is 1.79. The van der Waals surface area contributed by atoms with Crippen LogP contribution in [0.1, 0.15) is 20.3 Å². The molecule has 4 rings (SSSR count). The Morgan fingerprint density at radius 2 is 1.17 bits per heavy atom. The minimum Gasteiger partial charge on any atom is -0.691 e. The number of carbonyl (C=O) groups excluding carboxylic acids is 3. The number of amides is 2. The number of carbonyl (C=O) groups is 3. The zero-order valence-electron chi connectivity index (χ0n) is 38.0. The van der Waals surface area contributed by atoms with Gasteiger partial charge in [-0.1, -0.05) is 42.5 Å². The zero-order chi connectivity index (χ0) is 50.5. The van der Waals surface area contributed by atoms with Gasteiger partial charge in [-0.15, -0.1) is 27.2 Å². The number of hydrogen-bond donors (Lipinski definition) is 4. The fraction of sp³-hybridized carbons (Fsp3) is 0.237. The van der Waals surface area contributed by atoms with E-state index in [1.54, 1.807) is 66.7 Å². The number of azo groups is 1. The average molecular weight is 1100 g/mol. The van der Waals surface area contributed by atoms with Crippen LogP contribution in [-0.4, -0.2) is 91.4 Å². The molecule has 0 bridgehead atoms. The predicted molar refractivity (Wildman–Crippen MR) is 245 cm³/mol. The minimum absolute atomic E-state index is 0. The number of para-hydroxylation sites is 4. The second-order valence-electron chi connectivity index (χ2n) is 12.2. The Kier molecular flexibility index (Phi) is 37.7. The smallest absolute Gasteiger partial charge is 0.691 e. The minimum atomic E-state index is -4.59. The van der Waals surface area contributed by atoms with Gasteiger partial charge < -0.3 is 40.6 Å². The van der Waals surface area contributed by atoms with Crippen LogP contribution < -0.4 is 84.5 Å². The number of hydrogen-bond acceptors (Lipinski definition) is 23. The van der Waals surface area contributed by atoms with Crippen LogP contribution in [-0.2, 0) is 62.2 Å². The summed E-state index contributed by atoms with van der Waals surface area (Å²) < 4.78 is 99.0. The first kappa shape index (κ1) is 70.1. The maximum atomic E-state index is 12.5. The fourth-order valence-electron chi connectivity index (χ4n) is 4.53. The van der Waals surface area contributed by atoms with Crippen LogP contribution >= 0.6 is 24.7 Å². The number of nitrogens with one attached hydrogen (secondary N) is 2. The van der Waals surface area contributed by atoms with Gasteiger partial charge in [0, 0.05) is 0 Å². The molecular weight excluding hydrogens is 1060 g/mol. The van der Waals surface area contributed by atoms with Crippen molar-refractivity contribution in [3.63, 3.8) is 0 Å². The van der Waals surface area contributed by atoms with Crippen LogP contribution in [0.15, 0.2) is 140 Å². The molecule has 0 aromatic heterocycles. The van der Waals surface area contributed by atoms with Gasteiger partial charge in [-0.3, -0.25) is 28.2 Å². The van der Waals surface area contributed by atoms with Gasteiger partial charge in [0.15, 0.2) is 37.7 Å². The van der Waals surface area contributed by atoms with E-state index in [4.69, 9.17) is 28.3 Å². The van der Waals surface area contributed by atoms with Crippen molar-refractivity contribution in [3.8, 4) is 11.5 Å². The molecule has 4 aromatic rings. The van der Waals surface area contributed by atoms with Crippen molar-refractivity contribution in [1.29, 1.82) is 0 Å². The number of ether oxygens (including phenoxy) is 2. The predicted octanol–water partition coefficient (Wildman–Crippen LogP) is -0.643. The summed E-state index contributed by atoms with van der Waals surface area (Å²) in [5.74, 6) is -1.46. The SMILES string of the molecule is COc1ccccc1NC(=O)C(N=Nc1ccc(S(=O)(=O)CCOSOO[O-])cc1)=C(C)O.COc1ccccc1NC(=O)CC(C)=O.Cl.O=N[O-].O=S(=O)(O)OCCS(=O)(=O)c1ccccc1.[Na+].[Na+]. The van der Waals surface area contributed by atoms with E-state index in [0.717, 1.165) is 5.34 Å². The van der Waals surface area contributed by atoms with Gasteiger partial charge in [0.25, 0.3) is 5.91 Å². The number of anilines is 2. The van der Waals surface area contributed by atoms with Crippen molar-refractivity contribution in [2.75, 3.05) is 49.6 Å². The quantitative estimate of drug-likeness (QED) is 0.00689. The molecule has 0 aliphatic heterocycles. The molecule has 0 atom stereocenters.